The van der Waals surface area contributed by atoms with Crippen LogP contribution < -0.4 is 9.70 Å². The first-order valence-electron chi connectivity index (χ1n) is 10.6. The zero-order valence-electron chi connectivity index (χ0n) is 18.1. The van der Waals surface area contributed by atoms with Gasteiger partial charge < -0.3 is 9.47 Å². The number of amides is 1. The largest absolute Gasteiger partial charge is 0.366 e. The van der Waals surface area contributed by atoms with Gasteiger partial charge in [-0.15, -0.1) is 6.42 Å². The van der Waals surface area contributed by atoms with E-state index in [2.05, 4.69) is 17.0 Å². The average Bonchev–Trinajstić information content (AvgIpc) is 3.10. The number of aromatic nitrogens is 1. The van der Waals surface area contributed by atoms with Crippen molar-refractivity contribution in [3.05, 3.63) is 61.9 Å². The number of rotatable bonds is 4. The number of anilines is 1. The van der Waals surface area contributed by atoms with Gasteiger partial charge in [0.25, 0.3) is 11.6 Å². The molecular weight excluding hydrogens is 424 g/mol. The highest BCUT2D eigenvalue weighted by molar-refractivity contribution is 7.16. The van der Waals surface area contributed by atoms with E-state index in [9.17, 15) is 14.9 Å². The van der Waals surface area contributed by atoms with Crippen molar-refractivity contribution in [3.8, 4) is 12.3 Å². The highest BCUT2D eigenvalue weighted by atomic mass is 32.1. The summed E-state index contributed by atoms with van der Waals surface area (Å²) in [6, 6.07) is 8.72. The smallest absolute Gasteiger partial charge is 0.293 e. The van der Waals surface area contributed by atoms with E-state index in [4.69, 9.17) is 6.42 Å². The van der Waals surface area contributed by atoms with E-state index < -0.39 is 10.8 Å². The standard InChI is InChI=1S/C24H24N4O3S/c1-4-10-27-21-13-16(2)17(3)14-22(21)32-24(27)25-23(29)18-8-9-19(20(15-18)28(30)31)26-11-6-5-7-12-26/h1,8-9,13-15H,5-7,10-12H2,2-3H3. The van der Waals surface area contributed by atoms with E-state index in [-0.39, 0.29) is 17.8 Å². The molecule has 32 heavy (non-hydrogen) atoms. The number of piperidine rings is 1. The van der Waals surface area contributed by atoms with Crippen LogP contribution in [0.5, 0.6) is 0 Å². The summed E-state index contributed by atoms with van der Waals surface area (Å²) >= 11 is 1.38. The van der Waals surface area contributed by atoms with Crippen LogP contribution in [-0.4, -0.2) is 28.5 Å². The molecule has 8 heteroatoms. The number of aryl methyl sites for hydroxylation is 2. The predicted octanol–water partition coefficient (Wildman–Crippen LogP) is 4.59. The van der Waals surface area contributed by atoms with Crippen LogP contribution in [0.25, 0.3) is 10.2 Å². The predicted molar refractivity (Wildman–Crippen MR) is 127 cm³/mol. The van der Waals surface area contributed by atoms with Crippen LogP contribution >= 0.6 is 11.3 Å². The van der Waals surface area contributed by atoms with Gasteiger partial charge in [0.15, 0.2) is 4.80 Å². The quantitative estimate of drug-likeness (QED) is 0.332. The van der Waals surface area contributed by atoms with Crippen molar-refractivity contribution in [3.63, 3.8) is 0 Å². The van der Waals surface area contributed by atoms with Crippen LogP contribution in [0.3, 0.4) is 0 Å². The number of nitro groups is 1. The van der Waals surface area contributed by atoms with Gasteiger partial charge in [-0.25, -0.2) is 0 Å². The fourth-order valence-electron chi connectivity index (χ4n) is 4.01. The Kier molecular flexibility index (Phi) is 6.10. The van der Waals surface area contributed by atoms with Gasteiger partial charge in [0.2, 0.25) is 0 Å². The van der Waals surface area contributed by atoms with Crippen molar-refractivity contribution in [1.29, 1.82) is 0 Å². The Labute approximate surface area is 190 Å². The van der Waals surface area contributed by atoms with E-state index in [1.54, 1.807) is 12.1 Å². The van der Waals surface area contributed by atoms with Crippen molar-refractivity contribution in [2.24, 2.45) is 4.99 Å². The summed E-state index contributed by atoms with van der Waals surface area (Å²) in [6.07, 6.45) is 8.70. The Morgan fingerprint density at radius 2 is 1.91 bits per heavy atom. The lowest BCUT2D eigenvalue weighted by molar-refractivity contribution is -0.384. The normalized spacial score (nSPS) is 14.5. The molecule has 1 aliphatic rings. The Bertz CT molecular complexity index is 1320. The van der Waals surface area contributed by atoms with Gasteiger partial charge >= 0.3 is 0 Å². The molecule has 0 unspecified atom stereocenters. The van der Waals surface area contributed by atoms with Crippen molar-refractivity contribution in [2.75, 3.05) is 18.0 Å². The monoisotopic (exact) mass is 448 g/mol. The van der Waals surface area contributed by atoms with Crippen molar-refractivity contribution >= 4 is 38.8 Å². The first-order chi connectivity index (χ1) is 15.4. The van der Waals surface area contributed by atoms with Crippen LogP contribution in [0.1, 0.15) is 40.7 Å². The number of hydrogen-bond acceptors (Lipinski definition) is 5. The zero-order valence-corrected chi connectivity index (χ0v) is 18.9. The molecule has 3 aromatic rings. The van der Waals surface area contributed by atoms with Crippen molar-refractivity contribution in [1.82, 2.24) is 4.57 Å². The highest BCUT2D eigenvalue weighted by Gasteiger charge is 2.23. The topological polar surface area (TPSA) is 80.7 Å². The summed E-state index contributed by atoms with van der Waals surface area (Å²) in [5, 5.41) is 11.7. The fraction of sp³-hybridized carbons (Fsp3) is 0.333. The molecule has 0 spiro atoms. The van der Waals surface area contributed by atoms with Crippen LogP contribution in [0.2, 0.25) is 0 Å². The Balaban J connectivity index is 1.77. The van der Waals surface area contributed by atoms with Gasteiger partial charge in [0.1, 0.15) is 5.69 Å². The minimum absolute atomic E-state index is 0.0629. The third kappa shape index (κ3) is 4.16. The number of fused-ring (bicyclic) bond motifs is 1. The minimum Gasteiger partial charge on any atom is -0.366 e. The Hall–Kier alpha value is -3.44. The molecule has 4 rings (SSSR count). The molecule has 1 saturated heterocycles. The third-order valence-electron chi connectivity index (χ3n) is 5.86. The molecule has 7 nitrogen and oxygen atoms in total. The van der Waals surface area contributed by atoms with Gasteiger partial charge in [-0.05, 0) is 68.5 Å². The van der Waals surface area contributed by atoms with Gasteiger partial charge in [-0.1, -0.05) is 17.3 Å². The van der Waals surface area contributed by atoms with Crippen LogP contribution in [0, 0.1) is 36.3 Å². The molecule has 0 atom stereocenters. The van der Waals surface area contributed by atoms with Gasteiger partial charge in [0, 0.05) is 24.7 Å². The molecule has 164 valence electrons. The number of hydrogen-bond donors (Lipinski definition) is 0. The molecule has 2 aromatic carbocycles. The van der Waals surface area contributed by atoms with Gasteiger partial charge in [-0.3, -0.25) is 14.9 Å². The number of thiazole rings is 1. The molecular formula is C24H24N4O3S. The van der Waals surface area contributed by atoms with Crippen LogP contribution in [-0.2, 0) is 6.54 Å². The average molecular weight is 449 g/mol. The Morgan fingerprint density at radius 1 is 1.19 bits per heavy atom. The second-order valence-corrected chi connectivity index (χ2v) is 9.01. The van der Waals surface area contributed by atoms with Crippen molar-refractivity contribution < 1.29 is 9.72 Å². The van der Waals surface area contributed by atoms with E-state index in [0.717, 1.165) is 53.7 Å². The fourth-order valence-corrected chi connectivity index (χ4v) is 5.11. The van der Waals surface area contributed by atoms with Crippen molar-refractivity contribution in [2.45, 2.75) is 39.7 Å². The summed E-state index contributed by atoms with van der Waals surface area (Å²) < 4.78 is 2.82. The van der Waals surface area contributed by atoms with Gasteiger partial charge in [-0.2, -0.15) is 4.99 Å². The second kappa shape index (κ2) is 8.97. The lowest BCUT2D eigenvalue weighted by Gasteiger charge is -2.28. The molecule has 0 N–H and O–H groups in total. The number of nitro benzene ring substituents is 1. The number of benzene rings is 2. The second-order valence-electron chi connectivity index (χ2n) is 8.00. The molecule has 0 saturated carbocycles. The van der Waals surface area contributed by atoms with Gasteiger partial charge in [0.05, 0.1) is 21.7 Å². The highest BCUT2D eigenvalue weighted by Crippen LogP contribution is 2.31. The molecule has 1 aromatic heterocycles. The maximum absolute atomic E-state index is 13.0. The molecule has 1 fully saturated rings. The minimum atomic E-state index is -0.524. The number of nitrogens with zero attached hydrogens (tertiary/aromatic N) is 4. The van der Waals surface area contributed by atoms with E-state index in [1.807, 2.05) is 29.4 Å². The van der Waals surface area contributed by atoms with E-state index in [1.165, 1.54) is 17.4 Å². The lowest BCUT2D eigenvalue weighted by Crippen LogP contribution is -2.30. The molecule has 0 aliphatic carbocycles. The van der Waals surface area contributed by atoms with E-state index in [0.29, 0.717) is 10.5 Å². The molecule has 0 radical (unpaired) electrons. The summed E-state index contributed by atoms with van der Waals surface area (Å²) in [5.74, 6) is 2.10. The number of carbonyl (C=O) groups excluding carboxylic acids is 1. The SMILES string of the molecule is C#CCn1c(=NC(=O)c2ccc(N3CCCCC3)c([N+](=O)[O-])c2)sc2cc(C)c(C)cc21. The molecule has 2 heterocycles. The zero-order chi connectivity index (χ0) is 22.8. The number of terminal acetylenes is 1. The molecule has 1 amide bonds. The number of carbonyl (C=O) groups is 1. The maximum Gasteiger partial charge on any atom is 0.293 e. The first kappa shape index (κ1) is 21.8. The maximum atomic E-state index is 13.0. The summed E-state index contributed by atoms with van der Waals surface area (Å²) in [7, 11) is 0. The first-order valence-corrected chi connectivity index (χ1v) is 11.4. The molecule has 1 aliphatic heterocycles. The third-order valence-corrected chi connectivity index (χ3v) is 6.90. The Morgan fingerprint density at radius 3 is 2.59 bits per heavy atom. The molecule has 0 bridgehead atoms. The summed E-state index contributed by atoms with van der Waals surface area (Å²) in [5.41, 5.74) is 3.88. The van der Waals surface area contributed by atoms with Crippen LogP contribution in [0.4, 0.5) is 11.4 Å². The lowest BCUT2D eigenvalue weighted by atomic mass is 10.1. The summed E-state index contributed by atoms with van der Waals surface area (Å²) in [6.45, 7) is 5.90. The van der Waals surface area contributed by atoms with E-state index >= 15 is 0 Å². The summed E-state index contributed by atoms with van der Waals surface area (Å²) in [4.78, 5) is 31.1. The van der Waals surface area contributed by atoms with Crippen LogP contribution in [0.15, 0.2) is 35.3 Å².